The van der Waals surface area contributed by atoms with Crippen LogP contribution in [0.5, 0.6) is 0 Å². The Labute approximate surface area is 93.5 Å². The van der Waals surface area contributed by atoms with Crippen molar-refractivity contribution in [1.29, 1.82) is 0 Å². The summed E-state index contributed by atoms with van der Waals surface area (Å²) >= 11 is 4.27. The first-order valence-electron chi connectivity index (χ1n) is 4.85. The Balaban J connectivity index is 2.03. The largest absolute Gasteiger partial charge is 0.337 e. The summed E-state index contributed by atoms with van der Waals surface area (Å²) in [5.41, 5.74) is 0.951. The van der Waals surface area contributed by atoms with Crippen LogP contribution in [0.15, 0.2) is 24.3 Å². The molecule has 0 N–H and O–H groups in total. The zero-order valence-corrected chi connectivity index (χ0v) is 9.08. The minimum Gasteiger partial charge on any atom is -0.337 e. The molecule has 1 saturated heterocycles. The Morgan fingerprint density at radius 3 is 2.60 bits per heavy atom. The van der Waals surface area contributed by atoms with Crippen LogP contribution in [0.1, 0.15) is 12.0 Å². The van der Waals surface area contributed by atoms with Crippen molar-refractivity contribution in [2.24, 2.45) is 0 Å². The number of likely N-dealkylation sites (tertiary alicyclic amines) is 1. The van der Waals surface area contributed by atoms with Crippen LogP contribution in [0.2, 0.25) is 0 Å². The van der Waals surface area contributed by atoms with Crippen LogP contribution in [0.25, 0.3) is 0 Å². The van der Waals surface area contributed by atoms with E-state index in [9.17, 15) is 9.18 Å². The molecule has 15 heavy (non-hydrogen) atoms. The highest BCUT2D eigenvalue weighted by atomic mass is 32.1. The highest BCUT2D eigenvalue weighted by Crippen LogP contribution is 2.18. The molecule has 0 spiro atoms. The lowest BCUT2D eigenvalue weighted by molar-refractivity contribution is -0.128. The second-order valence-corrected chi connectivity index (χ2v) is 4.49. The maximum atomic E-state index is 12.6. The number of hydrogen-bond acceptors (Lipinski definition) is 2. The average molecular weight is 225 g/mol. The monoisotopic (exact) mass is 225 g/mol. The van der Waals surface area contributed by atoms with Gasteiger partial charge in [-0.3, -0.25) is 4.79 Å². The average Bonchev–Trinajstić information content (AvgIpc) is 2.49. The van der Waals surface area contributed by atoms with E-state index in [1.807, 2.05) is 0 Å². The van der Waals surface area contributed by atoms with E-state index in [4.69, 9.17) is 0 Å². The summed E-state index contributed by atoms with van der Waals surface area (Å²) in [6.07, 6.45) is 0.504. The fourth-order valence-electron chi connectivity index (χ4n) is 1.71. The van der Waals surface area contributed by atoms with Gasteiger partial charge in [-0.2, -0.15) is 12.6 Å². The van der Waals surface area contributed by atoms with Gasteiger partial charge in [-0.25, -0.2) is 4.39 Å². The fourth-order valence-corrected chi connectivity index (χ4v) is 2.07. The summed E-state index contributed by atoms with van der Waals surface area (Å²) in [6, 6.07) is 6.23. The van der Waals surface area contributed by atoms with Gasteiger partial charge in [-0.1, -0.05) is 12.1 Å². The summed E-state index contributed by atoms with van der Waals surface area (Å²) < 4.78 is 12.6. The molecule has 1 aliphatic heterocycles. The molecule has 80 valence electrons. The molecule has 1 atom stereocenters. The Bertz CT molecular complexity index is 365. The van der Waals surface area contributed by atoms with Gasteiger partial charge in [0.25, 0.3) is 0 Å². The van der Waals surface area contributed by atoms with Crippen molar-refractivity contribution in [2.75, 3.05) is 6.54 Å². The second kappa shape index (κ2) is 4.23. The molecule has 1 aromatic carbocycles. The maximum Gasteiger partial charge on any atom is 0.224 e. The third-order valence-corrected chi connectivity index (χ3v) is 2.83. The molecule has 1 heterocycles. The molecule has 4 heteroatoms. The smallest absolute Gasteiger partial charge is 0.224 e. The van der Waals surface area contributed by atoms with Gasteiger partial charge in [0.1, 0.15) is 5.82 Å². The molecule has 0 aromatic heterocycles. The summed E-state index contributed by atoms with van der Waals surface area (Å²) in [6.45, 7) is 1.23. The minimum absolute atomic E-state index is 0.124. The highest BCUT2D eigenvalue weighted by Gasteiger charge is 2.26. The molecule has 1 aromatic rings. The number of nitrogens with zero attached hydrogens (tertiary/aromatic N) is 1. The standard InChI is InChI=1S/C11H12FNOS/c12-9-3-1-8(2-4-9)6-13-7-10(15)5-11(13)14/h1-4,10,15H,5-7H2. The van der Waals surface area contributed by atoms with Crippen molar-refractivity contribution in [1.82, 2.24) is 4.90 Å². The molecular formula is C11H12FNOS. The van der Waals surface area contributed by atoms with Crippen molar-refractivity contribution in [3.8, 4) is 0 Å². The highest BCUT2D eigenvalue weighted by molar-refractivity contribution is 7.81. The Morgan fingerprint density at radius 1 is 1.40 bits per heavy atom. The Kier molecular flexibility index (Phi) is 2.95. The van der Waals surface area contributed by atoms with Gasteiger partial charge in [-0.15, -0.1) is 0 Å². The van der Waals surface area contributed by atoms with Crippen LogP contribution < -0.4 is 0 Å². The van der Waals surface area contributed by atoms with Gasteiger partial charge in [0.15, 0.2) is 0 Å². The molecule has 0 aliphatic carbocycles. The van der Waals surface area contributed by atoms with Gasteiger partial charge in [0, 0.05) is 24.8 Å². The quantitative estimate of drug-likeness (QED) is 0.762. The zero-order valence-electron chi connectivity index (χ0n) is 8.19. The molecule has 0 saturated carbocycles. The molecule has 1 fully saturated rings. The van der Waals surface area contributed by atoms with Crippen molar-refractivity contribution in [3.05, 3.63) is 35.6 Å². The number of hydrogen-bond donors (Lipinski definition) is 1. The van der Waals surface area contributed by atoms with Gasteiger partial charge in [0.05, 0.1) is 0 Å². The van der Waals surface area contributed by atoms with E-state index in [2.05, 4.69) is 12.6 Å². The van der Waals surface area contributed by atoms with E-state index >= 15 is 0 Å². The number of benzene rings is 1. The fraction of sp³-hybridized carbons (Fsp3) is 0.364. The number of rotatable bonds is 2. The van der Waals surface area contributed by atoms with Crippen LogP contribution in [0.3, 0.4) is 0 Å². The first kappa shape index (κ1) is 10.5. The predicted octanol–water partition coefficient (Wildman–Crippen LogP) is 1.86. The van der Waals surface area contributed by atoms with E-state index in [0.29, 0.717) is 19.5 Å². The summed E-state index contributed by atoms with van der Waals surface area (Å²) in [4.78, 5) is 13.2. The lowest BCUT2D eigenvalue weighted by atomic mass is 10.2. The van der Waals surface area contributed by atoms with Gasteiger partial charge in [0.2, 0.25) is 5.91 Å². The summed E-state index contributed by atoms with van der Waals surface area (Å²) in [7, 11) is 0. The summed E-state index contributed by atoms with van der Waals surface area (Å²) in [5.74, 6) is -0.127. The number of carbonyl (C=O) groups excluding carboxylic acids is 1. The number of thiol groups is 1. The van der Waals surface area contributed by atoms with Gasteiger partial charge >= 0.3 is 0 Å². The van der Waals surface area contributed by atoms with Gasteiger partial charge < -0.3 is 4.90 Å². The van der Waals surface area contributed by atoms with Crippen LogP contribution in [0.4, 0.5) is 4.39 Å². The van der Waals surface area contributed by atoms with Crippen LogP contribution in [-0.2, 0) is 11.3 Å². The van der Waals surface area contributed by atoms with Crippen molar-refractivity contribution in [3.63, 3.8) is 0 Å². The zero-order chi connectivity index (χ0) is 10.8. The first-order chi connectivity index (χ1) is 7.15. The number of carbonyl (C=O) groups is 1. The third-order valence-electron chi connectivity index (χ3n) is 2.48. The SMILES string of the molecule is O=C1CC(S)CN1Cc1ccc(F)cc1. The van der Waals surface area contributed by atoms with Crippen molar-refractivity contribution < 1.29 is 9.18 Å². The minimum atomic E-state index is -0.251. The van der Waals surface area contributed by atoms with E-state index in [1.165, 1.54) is 12.1 Å². The first-order valence-corrected chi connectivity index (χ1v) is 5.37. The predicted molar refractivity (Wildman–Crippen MR) is 59.2 cm³/mol. The second-order valence-electron chi connectivity index (χ2n) is 3.76. The topological polar surface area (TPSA) is 20.3 Å². The van der Waals surface area contributed by atoms with Gasteiger partial charge in [-0.05, 0) is 17.7 Å². The normalized spacial score (nSPS) is 21.1. The van der Waals surface area contributed by atoms with E-state index in [1.54, 1.807) is 17.0 Å². The van der Waals surface area contributed by atoms with Crippen molar-refractivity contribution >= 4 is 18.5 Å². The molecule has 1 amide bonds. The third kappa shape index (κ3) is 2.50. The molecule has 0 radical (unpaired) electrons. The maximum absolute atomic E-state index is 12.6. The van der Waals surface area contributed by atoms with Crippen LogP contribution >= 0.6 is 12.6 Å². The molecule has 2 nitrogen and oxygen atoms in total. The number of halogens is 1. The molecule has 1 unspecified atom stereocenters. The van der Waals surface area contributed by atoms with E-state index in [0.717, 1.165) is 5.56 Å². The molecule has 2 rings (SSSR count). The summed E-state index contributed by atoms with van der Waals surface area (Å²) in [5, 5.41) is 0.137. The lowest BCUT2D eigenvalue weighted by Gasteiger charge is -2.15. The molecular weight excluding hydrogens is 213 g/mol. The lowest BCUT2D eigenvalue weighted by Crippen LogP contribution is -2.24. The van der Waals surface area contributed by atoms with Crippen molar-refractivity contribution in [2.45, 2.75) is 18.2 Å². The Hall–Kier alpha value is -1.03. The number of amides is 1. The Morgan fingerprint density at radius 2 is 2.07 bits per heavy atom. The van der Waals surface area contributed by atoms with E-state index < -0.39 is 0 Å². The van der Waals surface area contributed by atoms with Crippen LogP contribution in [-0.4, -0.2) is 22.6 Å². The van der Waals surface area contributed by atoms with Crippen LogP contribution in [0, 0.1) is 5.82 Å². The van der Waals surface area contributed by atoms with E-state index in [-0.39, 0.29) is 17.0 Å². The molecule has 0 bridgehead atoms. The molecule has 1 aliphatic rings.